The highest BCUT2D eigenvalue weighted by molar-refractivity contribution is 14.0. The fourth-order valence-corrected chi connectivity index (χ4v) is 5.14. The molecule has 0 aromatic carbocycles. The lowest BCUT2D eigenvalue weighted by atomic mass is 9.88. The fraction of sp³-hybridized carbons (Fsp3) is 0.955. The van der Waals surface area contributed by atoms with E-state index in [1.54, 1.807) is 0 Å². The van der Waals surface area contributed by atoms with Crippen molar-refractivity contribution in [2.75, 3.05) is 53.0 Å². The molecule has 1 aliphatic carbocycles. The van der Waals surface area contributed by atoms with E-state index in [1.807, 2.05) is 7.05 Å². The van der Waals surface area contributed by atoms with Crippen LogP contribution in [0.1, 0.15) is 58.8 Å². The van der Waals surface area contributed by atoms with Gasteiger partial charge in [0.1, 0.15) is 0 Å². The molecule has 3 fully saturated rings. The number of morpholine rings is 1. The molecule has 2 heterocycles. The van der Waals surface area contributed by atoms with Crippen molar-refractivity contribution in [3.8, 4) is 0 Å². The van der Waals surface area contributed by atoms with Gasteiger partial charge in [0.25, 0.3) is 0 Å². The SMILES string of the molecule is CN=C(NCC(C)N1CCOCC1C)NC1CCN(CC2CCCCC2)CC1.I. The van der Waals surface area contributed by atoms with Gasteiger partial charge in [-0.3, -0.25) is 9.89 Å². The first kappa shape index (κ1) is 25.1. The summed E-state index contributed by atoms with van der Waals surface area (Å²) in [7, 11) is 1.88. The molecule has 2 N–H and O–H groups in total. The van der Waals surface area contributed by atoms with Crippen LogP contribution in [0.5, 0.6) is 0 Å². The lowest BCUT2D eigenvalue weighted by molar-refractivity contribution is -0.0174. The lowest BCUT2D eigenvalue weighted by Gasteiger charge is -2.38. The number of piperidine rings is 1. The van der Waals surface area contributed by atoms with Crippen LogP contribution in [0.2, 0.25) is 0 Å². The molecule has 0 bridgehead atoms. The summed E-state index contributed by atoms with van der Waals surface area (Å²) in [6.07, 6.45) is 9.71. The molecule has 2 aliphatic heterocycles. The number of rotatable bonds is 6. The molecule has 0 amide bonds. The number of aliphatic imine (C=N–C) groups is 1. The van der Waals surface area contributed by atoms with Crippen molar-refractivity contribution in [3.63, 3.8) is 0 Å². The number of hydrogen-bond acceptors (Lipinski definition) is 4. The third kappa shape index (κ3) is 8.15. The van der Waals surface area contributed by atoms with Gasteiger partial charge in [0.05, 0.1) is 13.2 Å². The molecule has 0 aromatic heterocycles. The fourth-order valence-electron chi connectivity index (χ4n) is 5.14. The summed E-state index contributed by atoms with van der Waals surface area (Å²) in [6, 6.07) is 1.52. The highest BCUT2D eigenvalue weighted by atomic mass is 127. The van der Waals surface area contributed by atoms with Crippen molar-refractivity contribution < 1.29 is 4.74 Å². The topological polar surface area (TPSA) is 52.1 Å². The van der Waals surface area contributed by atoms with Crippen LogP contribution < -0.4 is 10.6 Å². The molecular weight excluding hydrogens is 477 g/mol. The molecule has 29 heavy (non-hydrogen) atoms. The number of halogens is 1. The largest absolute Gasteiger partial charge is 0.379 e. The van der Waals surface area contributed by atoms with Crippen LogP contribution >= 0.6 is 24.0 Å². The molecule has 3 aliphatic rings. The predicted octanol–water partition coefficient (Wildman–Crippen LogP) is 2.92. The van der Waals surface area contributed by atoms with Crippen LogP contribution in [0.4, 0.5) is 0 Å². The molecular formula is C22H44IN5O. The van der Waals surface area contributed by atoms with E-state index in [4.69, 9.17) is 4.74 Å². The van der Waals surface area contributed by atoms with E-state index in [-0.39, 0.29) is 24.0 Å². The molecule has 2 saturated heterocycles. The summed E-state index contributed by atoms with van der Waals surface area (Å²) in [5, 5.41) is 7.22. The Morgan fingerprint density at radius 1 is 1.10 bits per heavy atom. The van der Waals surface area contributed by atoms with Crippen molar-refractivity contribution in [3.05, 3.63) is 0 Å². The highest BCUT2D eigenvalue weighted by Crippen LogP contribution is 2.25. The first-order valence-corrected chi connectivity index (χ1v) is 11.7. The van der Waals surface area contributed by atoms with Crippen LogP contribution in [0.25, 0.3) is 0 Å². The number of guanidine groups is 1. The Hall–Kier alpha value is -0.120. The van der Waals surface area contributed by atoms with E-state index in [1.165, 1.54) is 64.6 Å². The summed E-state index contributed by atoms with van der Waals surface area (Å²) in [5.74, 6) is 1.91. The number of hydrogen-bond donors (Lipinski definition) is 2. The average molecular weight is 522 g/mol. The van der Waals surface area contributed by atoms with E-state index in [0.29, 0.717) is 18.1 Å². The van der Waals surface area contributed by atoms with Gasteiger partial charge in [0.2, 0.25) is 0 Å². The second-order valence-corrected chi connectivity index (χ2v) is 9.19. The van der Waals surface area contributed by atoms with Gasteiger partial charge in [-0.2, -0.15) is 0 Å². The molecule has 7 heteroatoms. The summed E-state index contributed by atoms with van der Waals surface area (Å²) in [4.78, 5) is 9.70. The van der Waals surface area contributed by atoms with Crippen LogP contribution in [-0.4, -0.2) is 86.9 Å². The second-order valence-electron chi connectivity index (χ2n) is 9.19. The highest BCUT2D eigenvalue weighted by Gasteiger charge is 2.25. The monoisotopic (exact) mass is 521 g/mol. The summed E-state index contributed by atoms with van der Waals surface area (Å²) < 4.78 is 5.56. The molecule has 170 valence electrons. The zero-order valence-corrected chi connectivity index (χ0v) is 21.2. The number of nitrogens with zero attached hydrogens (tertiary/aromatic N) is 3. The summed E-state index contributed by atoms with van der Waals surface area (Å²) >= 11 is 0. The van der Waals surface area contributed by atoms with Crippen molar-refractivity contribution in [1.82, 2.24) is 20.4 Å². The van der Waals surface area contributed by atoms with Gasteiger partial charge >= 0.3 is 0 Å². The van der Waals surface area contributed by atoms with Crippen molar-refractivity contribution in [2.24, 2.45) is 10.9 Å². The molecule has 2 unspecified atom stereocenters. The Balaban J connectivity index is 0.00000300. The number of ether oxygens (including phenoxy) is 1. The minimum Gasteiger partial charge on any atom is -0.379 e. The summed E-state index contributed by atoms with van der Waals surface area (Å²) in [5.41, 5.74) is 0. The Morgan fingerprint density at radius 3 is 2.48 bits per heavy atom. The van der Waals surface area contributed by atoms with Crippen molar-refractivity contribution in [1.29, 1.82) is 0 Å². The Morgan fingerprint density at radius 2 is 1.83 bits per heavy atom. The van der Waals surface area contributed by atoms with Gasteiger partial charge in [0.15, 0.2) is 5.96 Å². The standard InChI is InChI=1S/C22H43N5O.HI/c1-18(27-13-14-28-17-19(27)2)15-24-22(23-3)25-21-9-11-26(12-10-21)16-20-7-5-4-6-8-20;/h18-21H,4-17H2,1-3H3,(H2,23,24,25);1H. The van der Waals surface area contributed by atoms with Gasteiger partial charge in [-0.15, -0.1) is 24.0 Å². The van der Waals surface area contributed by atoms with Gasteiger partial charge in [-0.25, -0.2) is 0 Å². The van der Waals surface area contributed by atoms with E-state index in [0.717, 1.165) is 38.2 Å². The zero-order valence-electron chi connectivity index (χ0n) is 18.9. The third-order valence-corrected chi connectivity index (χ3v) is 6.94. The second kappa shape index (κ2) is 13.3. The maximum atomic E-state index is 5.56. The predicted molar refractivity (Wildman–Crippen MR) is 132 cm³/mol. The quantitative estimate of drug-likeness (QED) is 0.320. The lowest BCUT2D eigenvalue weighted by Crippen LogP contribution is -2.54. The molecule has 3 rings (SSSR count). The van der Waals surface area contributed by atoms with Gasteiger partial charge < -0.3 is 20.3 Å². The van der Waals surface area contributed by atoms with Gasteiger partial charge in [-0.05, 0) is 45.4 Å². The molecule has 1 saturated carbocycles. The average Bonchev–Trinajstić information content (AvgIpc) is 2.73. The summed E-state index contributed by atoms with van der Waals surface area (Å²) in [6.45, 7) is 12.0. The van der Waals surface area contributed by atoms with Crippen molar-refractivity contribution >= 4 is 29.9 Å². The van der Waals surface area contributed by atoms with Crippen LogP contribution in [0, 0.1) is 5.92 Å². The minimum absolute atomic E-state index is 0. The van der Waals surface area contributed by atoms with Gasteiger partial charge in [0, 0.05) is 57.9 Å². The van der Waals surface area contributed by atoms with E-state index in [9.17, 15) is 0 Å². The van der Waals surface area contributed by atoms with Crippen LogP contribution in [-0.2, 0) is 4.74 Å². The Bertz CT molecular complexity index is 478. The Labute approximate surface area is 195 Å². The van der Waals surface area contributed by atoms with Crippen molar-refractivity contribution in [2.45, 2.75) is 76.9 Å². The van der Waals surface area contributed by atoms with E-state index < -0.39 is 0 Å². The smallest absolute Gasteiger partial charge is 0.191 e. The normalized spacial score (nSPS) is 27.3. The zero-order chi connectivity index (χ0) is 19.8. The van der Waals surface area contributed by atoms with E-state index >= 15 is 0 Å². The first-order valence-electron chi connectivity index (χ1n) is 11.7. The first-order chi connectivity index (χ1) is 13.7. The molecule has 0 aromatic rings. The molecule has 0 spiro atoms. The number of nitrogens with one attached hydrogen (secondary N) is 2. The molecule has 6 nitrogen and oxygen atoms in total. The molecule has 0 radical (unpaired) electrons. The van der Waals surface area contributed by atoms with Crippen LogP contribution in [0.3, 0.4) is 0 Å². The third-order valence-electron chi connectivity index (χ3n) is 6.94. The number of likely N-dealkylation sites (tertiary alicyclic amines) is 1. The minimum atomic E-state index is 0. The van der Waals surface area contributed by atoms with E-state index in [2.05, 4.69) is 39.3 Å². The maximum Gasteiger partial charge on any atom is 0.191 e. The molecule has 2 atom stereocenters. The van der Waals surface area contributed by atoms with Crippen LogP contribution in [0.15, 0.2) is 4.99 Å². The van der Waals surface area contributed by atoms with Gasteiger partial charge in [-0.1, -0.05) is 19.3 Å². The maximum absolute atomic E-state index is 5.56. The Kier molecular flexibility index (Phi) is 11.6.